The van der Waals surface area contributed by atoms with Gasteiger partial charge in [-0.2, -0.15) is 22.8 Å². The normalized spacial score (nSPS) is 17.9. The molecule has 3 aliphatic rings. The molecule has 42 heavy (non-hydrogen) atoms. The van der Waals surface area contributed by atoms with Crippen molar-refractivity contribution in [3.8, 4) is 5.75 Å². The molecule has 1 aliphatic carbocycles. The monoisotopic (exact) mass is 622 g/mol. The average molecular weight is 623 g/mol. The first-order chi connectivity index (χ1) is 19.7. The lowest BCUT2D eigenvalue weighted by Crippen LogP contribution is -2.44. The van der Waals surface area contributed by atoms with Gasteiger partial charge in [-0.1, -0.05) is 53.2 Å². The highest BCUT2D eigenvalue weighted by Crippen LogP contribution is 2.48. The second-order valence-corrected chi connectivity index (χ2v) is 10.2. The van der Waals surface area contributed by atoms with Crippen molar-refractivity contribution in [3.05, 3.63) is 64.2 Å². The van der Waals surface area contributed by atoms with Crippen molar-refractivity contribution in [2.24, 2.45) is 5.16 Å². The maximum Gasteiger partial charge on any atom is 0.573 e. The van der Waals surface area contributed by atoms with Crippen LogP contribution in [0, 0.1) is 0 Å². The number of oxime groups is 1. The summed E-state index contributed by atoms with van der Waals surface area (Å²) in [6.07, 6.45) is -5.36. The number of carboxylic acids is 1. The summed E-state index contributed by atoms with van der Waals surface area (Å²) in [5.74, 6) is -2.91. The second-order valence-electron chi connectivity index (χ2n) is 9.84. The Morgan fingerprint density at radius 2 is 1.67 bits per heavy atom. The minimum atomic E-state index is -5.08. The van der Waals surface area contributed by atoms with Crippen molar-refractivity contribution >= 4 is 29.4 Å². The molecule has 5 rings (SSSR count). The lowest BCUT2D eigenvalue weighted by Gasteiger charge is -2.37. The van der Waals surface area contributed by atoms with E-state index in [1.807, 2.05) is 36.4 Å². The number of benzene rings is 2. The third kappa shape index (κ3) is 9.47. The summed E-state index contributed by atoms with van der Waals surface area (Å²) in [6.45, 7) is 2.29. The smallest absolute Gasteiger partial charge is 0.475 e. The number of likely N-dealkylation sites (tertiary alicyclic amines) is 1. The highest BCUT2D eigenvalue weighted by atomic mass is 35.5. The van der Waals surface area contributed by atoms with Crippen molar-refractivity contribution in [1.82, 2.24) is 4.90 Å². The van der Waals surface area contributed by atoms with E-state index in [1.165, 1.54) is 0 Å². The van der Waals surface area contributed by atoms with E-state index in [0.29, 0.717) is 12.1 Å². The van der Waals surface area contributed by atoms with Gasteiger partial charge in [0.05, 0.1) is 10.7 Å². The number of piperidine rings is 1. The molecule has 0 aromatic heterocycles. The van der Waals surface area contributed by atoms with E-state index in [0.717, 1.165) is 62.0 Å². The van der Waals surface area contributed by atoms with Crippen LogP contribution in [0.4, 0.5) is 26.3 Å². The molecule has 8 nitrogen and oxygen atoms in total. The predicted octanol–water partition coefficient (Wildman–Crippen LogP) is 6.33. The third-order valence-corrected chi connectivity index (χ3v) is 7.01. The number of hydrogen-bond donors (Lipinski definition) is 1. The van der Waals surface area contributed by atoms with E-state index in [9.17, 15) is 26.3 Å². The van der Waals surface area contributed by atoms with Crippen molar-refractivity contribution in [2.45, 2.75) is 62.7 Å². The molecule has 1 N–H and O–H groups in total. The molecule has 1 spiro atoms. The first-order valence-electron chi connectivity index (χ1n) is 12.6. The summed E-state index contributed by atoms with van der Waals surface area (Å²) in [5.41, 5.74) is 3.30. The van der Waals surface area contributed by atoms with Crippen molar-refractivity contribution in [3.63, 3.8) is 0 Å². The van der Waals surface area contributed by atoms with E-state index < -0.39 is 18.5 Å². The molecule has 2 fully saturated rings. The van der Waals surface area contributed by atoms with Crippen molar-refractivity contribution < 1.29 is 55.4 Å². The first-order valence-corrected chi connectivity index (χ1v) is 12.9. The Kier molecular flexibility index (Phi) is 10.6. The van der Waals surface area contributed by atoms with Gasteiger partial charge in [-0.25, -0.2) is 4.79 Å². The molecule has 2 aliphatic heterocycles. The zero-order chi connectivity index (χ0) is 31.1. The topological polar surface area (TPSA) is 106 Å². The van der Waals surface area contributed by atoms with Gasteiger partial charge >= 0.3 is 24.7 Å². The van der Waals surface area contributed by atoms with Gasteiger partial charge < -0.3 is 14.7 Å². The van der Waals surface area contributed by atoms with Crippen LogP contribution in [0.25, 0.3) is 0 Å². The maximum absolute atomic E-state index is 12.8. The van der Waals surface area contributed by atoms with Crippen LogP contribution in [0.2, 0.25) is 5.02 Å². The van der Waals surface area contributed by atoms with Crippen LogP contribution >= 0.6 is 11.6 Å². The molecular formula is C27H25ClF6N2O6. The Morgan fingerprint density at radius 3 is 2.17 bits per heavy atom. The minimum absolute atomic E-state index is 0.0234. The molecule has 1 saturated carbocycles. The lowest BCUT2D eigenvalue weighted by atomic mass is 9.85. The largest absolute Gasteiger partial charge is 0.573 e. The number of aliphatic carboxylic acids is 1. The van der Waals surface area contributed by atoms with Crippen LogP contribution in [-0.2, 0) is 25.8 Å². The van der Waals surface area contributed by atoms with E-state index >= 15 is 0 Å². The number of halogens is 7. The second kappa shape index (κ2) is 13.6. The fraction of sp³-hybridized carbons (Fsp3) is 0.444. The van der Waals surface area contributed by atoms with Gasteiger partial charge in [-0.05, 0) is 41.5 Å². The molecule has 228 valence electrons. The Morgan fingerprint density at radius 1 is 1.10 bits per heavy atom. The van der Waals surface area contributed by atoms with Crippen LogP contribution in [0.1, 0.15) is 54.7 Å². The SMILES string of the molecule is FC(F)(F)Oc1c(Cl)cc(CN2CCC3(CC2)CC(c2ccccc2)=NO3)cc1C1CC1.O=C(O)C(F)(F)F.O=C=O. The van der Waals surface area contributed by atoms with Crippen molar-refractivity contribution in [2.75, 3.05) is 13.1 Å². The highest BCUT2D eigenvalue weighted by molar-refractivity contribution is 6.32. The summed E-state index contributed by atoms with van der Waals surface area (Å²) in [7, 11) is 0. The fourth-order valence-corrected chi connectivity index (χ4v) is 4.93. The Hall–Kier alpha value is -3.61. The van der Waals surface area contributed by atoms with Crippen LogP contribution < -0.4 is 4.74 Å². The van der Waals surface area contributed by atoms with Gasteiger partial charge in [0.25, 0.3) is 0 Å². The Balaban J connectivity index is 0.000000420. The minimum Gasteiger partial charge on any atom is -0.475 e. The van der Waals surface area contributed by atoms with Gasteiger partial charge in [0.15, 0.2) is 5.75 Å². The number of rotatable bonds is 5. The highest BCUT2D eigenvalue weighted by Gasteiger charge is 2.42. The summed E-state index contributed by atoms with van der Waals surface area (Å²) in [4.78, 5) is 33.3. The molecule has 2 aromatic rings. The molecule has 1 saturated heterocycles. The quantitative estimate of drug-likeness (QED) is 0.389. The van der Waals surface area contributed by atoms with Crippen LogP contribution in [0.5, 0.6) is 5.75 Å². The lowest BCUT2D eigenvalue weighted by molar-refractivity contribution is -0.274. The summed E-state index contributed by atoms with van der Waals surface area (Å²) >= 11 is 6.22. The zero-order valence-electron chi connectivity index (χ0n) is 21.8. The average Bonchev–Trinajstić information content (AvgIpc) is 3.67. The number of carbonyl (C=O) groups is 1. The standard InChI is InChI=1S/C24H24ClF3N2O2.C2HF3O2.CO2/c25-20-13-16(12-19(17-6-7-17)22(20)31-24(26,27)28)15-30-10-8-23(9-11-30)14-21(29-32-23)18-4-2-1-3-5-18;3-2(4,5)1(6)7;2-1-3/h1-5,12-13,17H,6-11,14-15H2;(H,6,7);. The number of ether oxygens (including phenoxy) is 1. The third-order valence-electron chi connectivity index (χ3n) is 6.73. The molecule has 0 atom stereocenters. The number of carbonyl (C=O) groups excluding carboxylic acids is 2. The van der Waals surface area contributed by atoms with E-state index in [4.69, 9.17) is 35.9 Å². The molecule has 0 bridgehead atoms. The van der Waals surface area contributed by atoms with Crippen LogP contribution in [0.3, 0.4) is 0 Å². The first kappa shape index (κ1) is 32.9. The summed E-state index contributed by atoms with van der Waals surface area (Å²) in [5, 5.41) is 11.5. The van der Waals surface area contributed by atoms with E-state index in [1.54, 1.807) is 6.07 Å². The zero-order valence-corrected chi connectivity index (χ0v) is 22.6. The van der Waals surface area contributed by atoms with E-state index in [2.05, 4.69) is 14.8 Å². The van der Waals surface area contributed by atoms with Crippen LogP contribution in [0.15, 0.2) is 47.6 Å². The van der Waals surface area contributed by atoms with Gasteiger partial charge in [-0.3, -0.25) is 4.90 Å². The molecule has 0 amide bonds. The molecule has 0 unspecified atom stereocenters. The molecular weight excluding hydrogens is 598 g/mol. The maximum atomic E-state index is 12.8. The number of nitrogens with zero attached hydrogens (tertiary/aromatic N) is 2. The summed E-state index contributed by atoms with van der Waals surface area (Å²) in [6, 6.07) is 13.5. The predicted molar refractivity (Wildman–Crippen MR) is 135 cm³/mol. The number of hydrogen-bond acceptors (Lipinski definition) is 7. The number of alkyl halides is 6. The van der Waals surface area contributed by atoms with E-state index in [-0.39, 0.29) is 28.4 Å². The molecule has 15 heteroatoms. The van der Waals surface area contributed by atoms with Gasteiger partial charge in [0.1, 0.15) is 5.60 Å². The van der Waals surface area contributed by atoms with Crippen molar-refractivity contribution in [1.29, 1.82) is 0 Å². The number of carboxylic acid groups (broad SMARTS) is 1. The van der Waals surface area contributed by atoms with Crippen LogP contribution in [-0.4, -0.2) is 59.1 Å². The molecule has 2 aromatic carbocycles. The van der Waals surface area contributed by atoms with Gasteiger partial charge in [0, 0.05) is 38.9 Å². The van der Waals surface area contributed by atoms with Gasteiger partial charge in [-0.15, -0.1) is 13.2 Å². The van der Waals surface area contributed by atoms with Gasteiger partial charge in [0.2, 0.25) is 0 Å². The fourth-order valence-electron chi connectivity index (χ4n) is 4.64. The molecule has 2 heterocycles. The summed E-state index contributed by atoms with van der Waals surface area (Å²) < 4.78 is 74.5. The Labute approximate surface area is 240 Å². The Bertz CT molecular complexity index is 1300. The molecule has 0 radical (unpaired) electrons.